The number of aliphatic hydroxyl groups excluding tert-OH is 1. The van der Waals surface area contributed by atoms with Gasteiger partial charge in [-0.05, 0) is 56.8 Å². The van der Waals surface area contributed by atoms with E-state index in [1.165, 1.54) is 13.2 Å². The van der Waals surface area contributed by atoms with E-state index < -0.39 is 36.8 Å². The second kappa shape index (κ2) is 15.6. The summed E-state index contributed by atoms with van der Waals surface area (Å²) in [4.78, 5) is 11.2. The number of hydrogen-bond donors (Lipinski definition) is 1. The molecule has 1 saturated heterocycles. The fourth-order valence-electron chi connectivity index (χ4n) is 4.94. The maximum atomic E-state index is 15.2. The third kappa shape index (κ3) is 9.38. The van der Waals surface area contributed by atoms with E-state index in [2.05, 4.69) is 4.74 Å². The summed E-state index contributed by atoms with van der Waals surface area (Å²) in [6, 6.07) is 0. The molecule has 0 spiro atoms. The topological polar surface area (TPSA) is 65.0 Å². The Morgan fingerprint density at radius 3 is 2.71 bits per heavy atom. The third-order valence-corrected chi connectivity index (χ3v) is 6.99. The normalized spacial score (nSPS) is 30.6. The van der Waals surface area contributed by atoms with Crippen molar-refractivity contribution in [2.45, 2.75) is 109 Å². The van der Waals surface area contributed by atoms with Gasteiger partial charge in [0.25, 0.3) is 0 Å². The molecule has 8 atom stereocenters. The highest BCUT2D eigenvalue weighted by atomic mass is 19.1. The van der Waals surface area contributed by atoms with Gasteiger partial charge in [-0.1, -0.05) is 51.0 Å². The van der Waals surface area contributed by atoms with Crippen molar-refractivity contribution in [2.75, 3.05) is 13.7 Å². The molecule has 0 amide bonds. The highest BCUT2D eigenvalue weighted by molar-refractivity contribution is 5.69. The van der Waals surface area contributed by atoms with Crippen molar-refractivity contribution in [1.29, 1.82) is 0 Å². The molecule has 34 heavy (non-hydrogen) atoms. The molecule has 0 bridgehead atoms. The number of alkyl halides is 2. The fourth-order valence-corrected chi connectivity index (χ4v) is 4.94. The van der Waals surface area contributed by atoms with Gasteiger partial charge in [0.1, 0.15) is 18.4 Å². The number of carbonyl (C=O) groups is 1. The van der Waals surface area contributed by atoms with Gasteiger partial charge >= 0.3 is 5.97 Å². The molecule has 1 aliphatic carbocycles. The van der Waals surface area contributed by atoms with Crippen LogP contribution >= 0.6 is 0 Å². The SMILES string of the molecule is CCCCC(F)[C@@H](/C=C/[C@@H]1[C@@H](C(F)/C=C\CCCC(=O)OC)[C@@H](O)C[C@H]1C)OC1CCCCO1. The highest BCUT2D eigenvalue weighted by Gasteiger charge is 2.43. The summed E-state index contributed by atoms with van der Waals surface area (Å²) in [5.74, 6) is -1.02. The van der Waals surface area contributed by atoms with E-state index >= 15 is 8.78 Å². The molecular weight excluding hydrogens is 442 g/mol. The van der Waals surface area contributed by atoms with Gasteiger partial charge in [-0.3, -0.25) is 4.79 Å². The molecule has 2 aliphatic rings. The third-order valence-electron chi connectivity index (χ3n) is 6.99. The summed E-state index contributed by atoms with van der Waals surface area (Å²) in [6.45, 7) is 4.64. The predicted molar refractivity (Wildman–Crippen MR) is 129 cm³/mol. The second-order valence-corrected chi connectivity index (χ2v) is 9.72. The average Bonchev–Trinajstić information content (AvgIpc) is 3.12. The van der Waals surface area contributed by atoms with Crippen LogP contribution in [0.5, 0.6) is 0 Å². The molecule has 7 heteroatoms. The Balaban J connectivity index is 2.03. The fraction of sp³-hybridized carbons (Fsp3) is 0.815. The summed E-state index contributed by atoms with van der Waals surface area (Å²) < 4.78 is 46.5. The first-order valence-electron chi connectivity index (χ1n) is 13.0. The number of unbranched alkanes of at least 4 members (excludes halogenated alkanes) is 2. The van der Waals surface area contributed by atoms with Crippen molar-refractivity contribution in [1.82, 2.24) is 0 Å². The first-order valence-corrected chi connectivity index (χ1v) is 13.0. The van der Waals surface area contributed by atoms with Crippen LogP contribution in [0.1, 0.15) is 78.1 Å². The number of rotatable bonds is 14. The van der Waals surface area contributed by atoms with Crippen LogP contribution < -0.4 is 0 Å². The van der Waals surface area contributed by atoms with Crippen molar-refractivity contribution in [3.63, 3.8) is 0 Å². The van der Waals surface area contributed by atoms with Gasteiger partial charge in [0, 0.05) is 18.9 Å². The zero-order chi connectivity index (χ0) is 24.9. The molecule has 1 saturated carbocycles. The minimum Gasteiger partial charge on any atom is -0.469 e. The van der Waals surface area contributed by atoms with Gasteiger partial charge in [0.05, 0.1) is 13.2 Å². The number of ether oxygens (including phenoxy) is 3. The number of hydrogen-bond acceptors (Lipinski definition) is 5. The van der Waals surface area contributed by atoms with Crippen molar-refractivity contribution in [3.8, 4) is 0 Å². The number of carbonyl (C=O) groups excluding carboxylic acids is 1. The molecule has 0 aromatic carbocycles. The van der Waals surface area contributed by atoms with Crippen LogP contribution in [0.15, 0.2) is 24.3 Å². The van der Waals surface area contributed by atoms with E-state index in [1.807, 2.05) is 19.9 Å². The quantitative estimate of drug-likeness (QED) is 0.189. The lowest BCUT2D eigenvalue weighted by atomic mass is 9.85. The van der Waals surface area contributed by atoms with E-state index in [0.29, 0.717) is 38.7 Å². The van der Waals surface area contributed by atoms with Gasteiger partial charge in [0.2, 0.25) is 0 Å². The first-order chi connectivity index (χ1) is 16.4. The highest BCUT2D eigenvalue weighted by Crippen LogP contribution is 2.41. The molecule has 0 radical (unpaired) electrons. The summed E-state index contributed by atoms with van der Waals surface area (Å²) >= 11 is 0. The zero-order valence-corrected chi connectivity index (χ0v) is 21.0. The first kappa shape index (κ1) is 28.9. The standard InChI is InChI=1S/C27H44F2O5/c1-4-5-11-21(28)24(34-26-14-9-10-17-33-26)16-15-20-19(2)18-23(30)27(20)22(29)12-7-6-8-13-25(31)32-3/h7,12,15-16,19-24,26-27,30H,4-6,8-11,13-14,17-18H2,1-3H3/b12-7-,16-15+/t19-,20+,21?,22?,23+,24-,26?,27+/m1/s1. The van der Waals surface area contributed by atoms with E-state index in [0.717, 1.165) is 32.1 Å². The Labute approximate surface area is 203 Å². The zero-order valence-electron chi connectivity index (χ0n) is 21.0. The largest absolute Gasteiger partial charge is 0.469 e. The number of methoxy groups -OCH3 is 1. The minimum atomic E-state index is -1.32. The molecule has 0 aromatic heterocycles. The number of esters is 1. The number of allylic oxidation sites excluding steroid dienone is 3. The summed E-state index contributed by atoms with van der Waals surface area (Å²) in [5.41, 5.74) is 0. The Bertz CT molecular complexity index is 635. The Hall–Kier alpha value is -1.31. The molecule has 1 heterocycles. The monoisotopic (exact) mass is 486 g/mol. The summed E-state index contributed by atoms with van der Waals surface area (Å²) in [7, 11) is 1.35. The molecule has 3 unspecified atom stereocenters. The van der Waals surface area contributed by atoms with Crippen molar-refractivity contribution >= 4 is 5.97 Å². The van der Waals surface area contributed by atoms with E-state index in [1.54, 1.807) is 12.2 Å². The lowest BCUT2D eigenvalue weighted by molar-refractivity contribution is -0.189. The molecule has 5 nitrogen and oxygen atoms in total. The van der Waals surface area contributed by atoms with Gasteiger partial charge < -0.3 is 19.3 Å². The van der Waals surface area contributed by atoms with Crippen LogP contribution in [0, 0.1) is 17.8 Å². The van der Waals surface area contributed by atoms with Crippen molar-refractivity contribution < 1.29 is 32.9 Å². The Kier molecular flexibility index (Phi) is 13.3. The minimum absolute atomic E-state index is 0.0718. The summed E-state index contributed by atoms with van der Waals surface area (Å²) in [5, 5.41) is 10.6. The van der Waals surface area contributed by atoms with Crippen molar-refractivity contribution in [3.05, 3.63) is 24.3 Å². The lowest BCUT2D eigenvalue weighted by Crippen LogP contribution is -2.33. The maximum Gasteiger partial charge on any atom is 0.305 e. The van der Waals surface area contributed by atoms with Crippen LogP contribution in [0.2, 0.25) is 0 Å². The smallest absolute Gasteiger partial charge is 0.305 e. The van der Waals surface area contributed by atoms with Gasteiger partial charge in [-0.15, -0.1) is 0 Å². The van der Waals surface area contributed by atoms with Crippen LogP contribution in [-0.4, -0.2) is 55.6 Å². The lowest BCUT2D eigenvalue weighted by Gasteiger charge is -2.29. The van der Waals surface area contributed by atoms with Crippen LogP contribution in [0.25, 0.3) is 0 Å². The van der Waals surface area contributed by atoms with Gasteiger partial charge in [-0.2, -0.15) is 0 Å². The molecule has 2 fully saturated rings. The van der Waals surface area contributed by atoms with E-state index in [4.69, 9.17) is 9.47 Å². The average molecular weight is 487 g/mol. The molecule has 1 N–H and O–H groups in total. The van der Waals surface area contributed by atoms with Crippen LogP contribution in [0.4, 0.5) is 8.78 Å². The van der Waals surface area contributed by atoms with Crippen molar-refractivity contribution in [2.24, 2.45) is 17.8 Å². The molecule has 196 valence electrons. The van der Waals surface area contributed by atoms with Crippen LogP contribution in [-0.2, 0) is 19.0 Å². The molecule has 1 aliphatic heterocycles. The van der Waals surface area contributed by atoms with Gasteiger partial charge in [-0.25, -0.2) is 8.78 Å². The van der Waals surface area contributed by atoms with Crippen LogP contribution in [0.3, 0.4) is 0 Å². The molecular formula is C27H44F2O5. The second-order valence-electron chi connectivity index (χ2n) is 9.72. The number of aliphatic hydroxyl groups is 1. The summed E-state index contributed by atoms with van der Waals surface area (Å²) in [6.07, 6.45) is 9.15. The molecule has 2 rings (SSSR count). The molecule has 0 aromatic rings. The van der Waals surface area contributed by atoms with E-state index in [9.17, 15) is 9.90 Å². The maximum absolute atomic E-state index is 15.2. The number of halogens is 2. The predicted octanol–water partition coefficient (Wildman–Crippen LogP) is 5.85. The van der Waals surface area contributed by atoms with Gasteiger partial charge in [0.15, 0.2) is 6.29 Å². The van der Waals surface area contributed by atoms with E-state index in [-0.39, 0.29) is 17.8 Å². The Morgan fingerprint density at radius 2 is 2.03 bits per heavy atom. The Morgan fingerprint density at radius 1 is 1.24 bits per heavy atom.